The Kier molecular flexibility index (Phi) is 3.47. The second-order valence-corrected chi connectivity index (χ2v) is 5.87. The van der Waals surface area contributed by atoms with Gasteiger partial charge >= 0.3 is 5.97 Å². The van der Waals surface area contributed by atoms with Crippen molar-refractivity contribution >= 4 is 28.4 Å². The van der Waals surface area contributed by atoms with Crippen molar-refractivity contribution in [2.24, 2.45) is 12.0 Å². The first-order chi connectivity index (χ1) is 12.5. The quantitative estimate of drug-likeness (QED) is 0.441. The molecule has 2 aromatic carbocycles. The van der Waals surface area contributed by atoms with Gasteiger partial charge < -0.3 is 14.4 Å². The summed E-state index contributed by atoms with van der Waals surface area (Å²) in [6, 6.07) is 12.1. The summed E-state index contributed by atoms with van der Waals surface area (Å²) in [5.41, 5.74) is 1.40. The van der Waals surface area contributed by atoms with Gasteiger partial charge in [-0.25, -0.2) is 9.79 Å². The third kappa shape index (κ3) is 2.23. The van der Waals surface area contributed by atoms with Crippen LogP contribution in [0.2, 0.25) is 0 Å². The molecule has 1 N–H and O–H groups in total. The highest BCUT2D eigenvalue weighted by atomic mass is 16.5. The lowest BCUT2D eigenvalue weighted by Gasteiger charge is -2.03. The average Bonchev–Trinajstić information content (AvgIpc) is 3.08. The summed E-state index contributed by atoms with van der Waals surface area (Å²) in [5.74, 6) is -0.758. The van der Waals surface area contributed by atoms with Gasteiger partial charge in [-0.15, -0.1) is 0 Å². The van der Waals surface area contributed by atoms with Gasteiger partial charge in [-0.1, -0.05) is 24.8 Å². The van der Waals surface area contributed by atoms with Crippen LogP contribution in [0.3, 0.4) is 0 Å². The fourth-order valence-corrected chi connectivity index (χ4v) is 3.18. The molecule has 0 saturated heterocycles. The minimum Gasteiger partial charge on any atom is -0.494 e. The summed E-state index contributed by atoms with van der Waals surface area (Å²) in [6.45, 7) is 3.37. The summed E-state index contributed by atoms with van der Waals surface area (Å²) >= 11 is 0. The number of para-hydroxylation sites is 1. The van der Waals surface area contributed by atoms with Crippen molar-refractivity contribution in [3.05, 3.63) is 71.3 Å². The molecular weight excluding hydrogens is 332 g/mol. The van der Waals surface area contributed by atoms with Crippen molar-refractivity contribution in [1.29, 1.82) is 0 Å². The largest absolute Gasteiger partial charge is 0.494 e. The highest BCUT2D eigenvalue weighted by molar-refractivity contribution is 6.25. The van der Waals surface area contributed by atoms with Crippen LogP contribution in [0, 0.1) is 0 Å². The number of aryl methyl sites for hydroxylation is 1. The van der Waals surface area contributed by atoms with Crippen LogP contribution in [-0.2, 0) is 16.6 Å². The number of benzene rings is 2. The first-order valence-corrected chi connectivity index (χ1v) is 7.89. The zero-order valence-corrected chi connectivity index (χ0v) is 13.9. The van der Waals surface area contributed by atoms with Crippen LogP contribution in [0.1, 0.15) is 5.56 Å². The molecule has 1 aliphatic rings. The van der Waals surface area contributed by atoms with E-state index < -0.39 is 11.9 Å². The number of esters is 1. The van der Waals surface area contributed by atoms with Gasteiger partial charge in [0, 0.05) is 23.7 Å². The summed E-state index contributed by atoms with van der Waals surface area (Å²) in [5, 5.41) is 12.5. The van der Waals surface area contributed by atoms with Crippen LogP contribution in [-0.4, -0.2) is 21.6 Å². The first-order valence-electron chi connectivity index (χ1n) is 7.89. The molecule has 0 unspecified atom stereocenters. The highest BCUT2D eigenvalue weighted by Crippen LogP contribution is 2.37. The molecule has 128 valence electrons. The molecule has 6 heteroatoms. The highest BCUT2D eigenvalue weighted by Gasteiger charge is 2.26. The maximum atomic E-state index is 12.5. The number of amides is 1. The number of hydrogen-bond donors (Lipinski definition) is 1. The van der Waals surface area contributed by atoms with Crippen molar-refractivity contribution in [2.45, 2.75) is 0 Å². The van der Waals surface area contributed by atoms with E-state index in [0.717, 1.165) is 6.08 Å². The maximum absolute atomic E-state index is 12.5. The molecule has 26 heavy (non-hydrogen) atoms. The molecule has 0 fully saturated rings. The van der Waals surface area contributed by atoms with Gasteiger partial charge in [0.25, 0.3) is 5.91 Å². The Balaban J connectivity index is 2.05. The number of nitrogens with zero attached hydrogens (tertiary/aromatic N) is 2. The molecule has 0 aliphatic carbocycles. The molecule has 0 atom stereocenters. The Morgan fingerprint density at radius 3 is 2.81 bits per heavy atom. The summed E-state index contributed by atoms with van der Waals surface area (Å²) in [7, 11) is 1.69. The molecule has 0 bridgehead atoms. The van der Waals surface area contributed by atoms with E-state index in [1.54, 1.807) is 48.0 Å². The van der Waals surface area contributed by atoms with E-state index in [1.807, 2.05) is 6.07 Å². The van der Waals surface area contributed by atoms with Crippen molar-refractivity contribution in [2.75, 3.05) is 0 Å². The molecule has 2 heterocycles. The topological polar surface area (TPSA) is 80.9 Å². The molecule has 1 amide bonds. The standard InChI is InChI=1S/C20H14N2O4/c1-3-16(23)26-11-8-9-15-13(10-11)18(20(25)22(15)2)17-12-6-4-5-7-14(12)21-19(17)24/h3-10,25H,1H2,2H3. The number of aromatic nitrogens is 1. The molecule has 3 aromatic rings. The number of carbonyl (C=O) groups excluding carboxylic acids is 2. The molecule has 0 saturated carbocycles. The summed E-state index contributed by atoms with van der Waals surface area (Å²) < 4.78 is 6.74. The first kappa shape index (κ1) is 15.8. The molecule has 1 aliphatic heterocycles. The van der Waals surface area contributed by atoms with Crippen LogP contribution in [0.15, 0.2) is 60.1 Å². The minimum atomic E-state index is -0.587. The lowest BCUT2D eigenvalue weighted by molar-refractivity contribution is -0.129. The normalized spacial score (nSPS) is 12.8. The Hall–Kier alpha value is -3.67. The maximum Gasteiger partial charge on any atom is 0.335 e. The third-order valence-corrected chi connectivity index (χ3v) is 4.38. The predicted molar refractivity (Wildman–Crippen MR) is 95.2 cm³/mol. The number of fused-ring (bicyclic) bond motifs is 2. The van der Waals surface area contributed by atoms with Crippen LogP contribution >= 0.6 is 0 Å². The van der Waals surface area contributed by atoms with Gasteiger partial charge in [-0.3, -0.25) is 4.79 Å². The van der Waals surface area contributed by atoms with Crippen LogP contribution < -0.4 is 15.3 Å². The van der Waals surface area contributed by atoms with Crippen molar-refractivity contribution < 1.29 is 19.4 Å². The van der Waals surface area contributed by atoms with Gasteiger partial charge in [-0.2, -0.15) is 0 Å². The number of aromatic hydroxyl groups is 1. The lowest BCUT2D eigenvalue weighted by Crippen LogP contribution is -2.22. The summed E-state index contributed by atoms with van der Waals surface area (Å²) in [6.07, 6.45) is 1.07. The molecule has 6 nitrogen and oxygen atoms in total. The molecule has 0 radical (unpaired) electrons. The molecule has 4 rings (SSSR count). The van der Waals surface area contributed by atoms with Gasteiger partial charge in [-0.05, 0) is 24.3 Å². The van der Waals surface area contributed by atoms with Crippen molar-refractivity contribution in [3.63, 3.8) is 0 Å². The molecule has 0 spiro atoms. The lowest BCUT2D eigenvalue weighted by atomic mass is 10.0. The summed E-state index contributed by atoms with van der Waals surface area (Å²) in [4.78, 5) is 28.1. The number of hydrogen-bond acceptors (Lipinski definition) is 4. The van der Waals surface area contributed by atoms with Crippen molar-refractivity contribution in [3.8, 4) is 11.6 Å². The van der Waals surface area contributed by atoms with Gasteiger partial charge in [0.15, 0.2) is 5.88 Å². The predicted octanol–water partition coefficient (Wildman–Crippen LogP) is 1.33. The Bertz CT molecular complexity index is 1230. The smallest absolute Gasteiger partial charge is 0.335 e. The van der Waals surface area contributed by atoms with E-state index in [4.69, 9.17) is 4.74 Å². The van der Waals surface area contributed by atoms with E-state index in [1.165, 1.54) is 0 Å². The molecular formula is C20H14N2O4. The van der Waals surface area contributed by atoms with E-state index in [-0.39, 0.29) is 5.88 Å². The monoisotopic (exact) mass is 346 g/mol. The third-order valence-electron chi connectivity index (χ3n) is 4.38. The van der Waals surface area contributed by atoms with Crippen LogP contribution in [0.4, 0.5) is 0 Å². The van der Waals surface area contributed by atoms with E-state index in [9.17, 15) is 14.7 Å². The minimum absolute atomic E-state index is 0.0533. The Morgan fingerprint density at radius 1 is 1.27 bits per heavy atom. The SMILES string of the molecule is C=CC(=O)Oc1ccc2c(c1)c(C1=c3ccccc3=NC1=O)c(O)n2C. The average molecular weight is 346 g/mol. The second-order valence-electron chi connectivity index (χ2n) is 5.87. The van der Waals surface area contributed by atoms with E-state index in [0.29, 0.717) is 38.4 Å². The van der Waals surface area contributed by atoms with Crippen LogP contribution in [0.25, 0.3) is 16.5 Å². The Morgan fingerprint density at radius 2 is 2.04 bits per heavy atom. The second kappa shape index (κ2) is 5.70. The van der Waals surface area contributed by atoms with Gasteiger partial charge in [0.05, 0.1) is 22.0 Å². The van der Waals surface area contributed by atoms with E-state index in [2.05, 4.69) is 11.6 Å². The zero-order chi connectivity index (χ0) is 18.4. The fourth-order valence-electron chi connectivity index (χ4n) is 3.18. The zero-order valence-electron chi connectivity index (χ0n) is 13.9. The fraction of sp³-hybridized carbons (Fsp3) is 0.0500. The van der Waals surface area contributed by atoms with Crippen LogP contribution in [0.5, 0.6) is 11.6 Å². The van der Waals surface area contributed by atoms with Gasteiger partial charge in [0.1, 0.15) is 5.75 Å². The number of ether oxygens (including phenoxy) is 1. The van der Waals surface area contributed by atoms with Crippen molar-refractivity contribution in [1.82, 2.24) is 4.57 Å². The molecule has 1 aromatic heterocycles. The number of carbonyl (C=O) groups is 2. The Labute approximate surface area is 148 Å². The number of rotatable bonds is 3. The van der Waals surface area contributed by atoms with Gasteiger partial charge in [0.2, 0.25) is 0 Å². The van der Waals surface area contributed by atoms with E-state index >= 15 is 0 Å².